The van der Waals surface area contributed by atoms with E-state index in [4.69, 9.17) is 23.2 Å². The van der Waals surface area contributed by atoms with Crippen molar-refractivity contribution in [3.05, 3.63) is 86.0 Å². The van der Waals surface area contributed by atoms with Gasteiger partial charge in [0.1, 0.15) is 0 Å². The van der Waals surface area contributed by atoms with Crippen molar-refractivity contribution in [2.24, 2.45) is 5.41 Å². The van der Waals surface area contributed by atoms with Crippen molar-refractivity contribution in [3.63, 3.8) is 0 Å². The van der Waals surface area contributed by atoms with Gasteiger partial charge >= 0.3 is 0 Å². The molecule has 5 nitrogen and oxygen atoms in total. The van der Waals surface area contributed by atoms with Crippen LogP contribution < -0.4 is 10.6 Å². The highest BCUT2D eigenvalue weighted by Gasteiger charge is 2.41. The van der Waals surface area contributed by atoms with Gasteiger partial charge in [-0.1, -0.05) is 60.9 Å². The molecule has 1 heterocycles. The molecular formula is C26H23Cl2N3O2S. The number of anilines is 1. The monoisotopic (exact) mass is 511 g/mol. The fourth-order valence-electron chi connectivity index (χ4n) is 4.35. The number of thioether (sulfide) groups is 1. The van der Waals surface area contributed by atoms with Gasteiger partial charge in [-0.25, -0.2) is 0 Å². The third-order valence-electron chi connectivity index (χ3n) is 5.81. The molecule has 0 radical (unpaired) electrons. The number of benzene rings is 2. The first-order chi connectivity index (χ1) is 16.2. The molecule has 1 amide bonds. The van der Waals surface area contributed by atoms with Gasteiger partial charge in [0.25, 0.3) is 0 Å². The molecule has 2 aliphatic rings. The van der Waals surface area contributed by atoms with E-state index in [-0.39, 0.29) is 22.9 Å². The Balaban J connectivity index is 1.64. The Labute approximate surface area is 213 Å². The maximum Gasteiger partial charge on any atom is 0.234 e. The summed E-state index contributed by atoms with van der Waals surface area (Å²) in [7, 11) is 0. The Morgan fingerprint density at radius 2 is 1.74 bits per heavy atom. The number of nitriles is 1. The molecule has 0 spiro atoms. The third kappa shape index (κ3) is 5.33. The van der Waals surface area contributed by atoms with Crippen LogP contribution in [0, 0.1) is 16.7 Å². The molecule has 1 atom stereocenters. The molecular weight excluding hydrogens is 489 g/mol. The standard InChI is InChI=1S/C26H23Cl2N3O2S/c1-26(2)11-20-24(21(32)12-26)23(15-3-5-16(27)6-4-15)19(13-29)25(31-20)34-14-22(33)30-18-9-7-17(28)8-10-18/h3-10,23,31H,11-12,14H2,1-2H3,(H,30,33)/t23-/m0/s1. The van der Waals surface area contributed by atoms with Crippen molar-refractivity contribution in [2.75, 3.05) is 11.1 Å². The summed E-state index contributed by atoms with van der Waals surface area (Å²) in [5, 5.41) is 18.1. The molecule has 0 bridgehead atoms. The lowest BCUT2D eigenvalue weighted by atomic mass is 9.69. The number of halogens is 2. The Kier molecular flexibility index (Phi) is 7.09. The minimum absolute atomic E-state index is 0.0379. The van der Waals surface area contributed by atoms with Crippen molar-refractivity contribution in [3.8, 4) is 6.07 Å². The van der Waals surface area contributed by atoms with E-state index in [1.54, 1.807) is 36.4 Å². The molecule has 1 aliphatic carbocycles. The van der Waals surface area contributed by atoms with Crippen LogP contribution in [0.3, 0.4) is 0 Å². The molecule has 8 heteroatoms. The molecule has 174 valence electrons. The van der Waals surface area contributed by atoms with Crippen LogP contribution in [0.15, 0.2) is 70.4 Å². The van der Waals surface area contributed by atoms with Crippen LogP contribution >= 0.6 is 35.0 Å². The van der Waals surface area contributed by atoms with Crippen LogP contribution in [0.25, 0.3) is 0 Å². The lowest BCUT2D eigenvalue weighted by Crippen LogP contribution is -2.37. The Hall–Kier alpha value is -2.72. The summed E-state index contributed by atoms with van der Waals surface area (Å²) >= 11 is 13.2. The molecule has 0 aromatic heterocycles. The molecule has 0 saturated heterocycles. The number of carbonyl (C=O) groups excluding carboxylic acids is 2. The fraction of sp³-hybridized carbons (Fsp3) is 0.269. The lowest BCUT2D eigenvalue weighted by molar-refractivity contribution is -0.118. The number of hydrogen-bond acceptors (Lipinski definition) is 5. The second kappa shape index (κ2) is 9.87. The number of carbonyl (C=O) groups is 2. The molecule has 1 aliphatic heterocycles. The Bertz CT molecular complexity index is 1240. The SMILES string of the molecule is CC1(C)CC(=O)C2=C(C1)NC(SCC(=O)Nc1ccc(Cl)cc1)=C(C#N)[C@@H]2c1ccc(Cl)cc1. The summed E-state index contributed by atoms with van der Waals surface area (Å²) in [4.78, 5) is 25.8. The molecule has 4 rings (SSSR count). The van der Waals surface area contributed by atoms with E-state index in [9.17, 15) is 14.9 Å². The first-order valence-electron chi connectivity index (χ1n) is 10.8. The van der Waals surface area contributed by atoms with Crippen LogP contribution in [-0.4, -0.2) is 17.4 Å². The second-order valence-electron chi connectivity index (χ2n) is 9.14. The minimum Gasteiger partial charge on any atom is -0.352 e. The summed E-state index contributed by atoms with van der Waals surface area (Å²) in [6.45, 7) is 4.12. The maximum atomic E-state index is 13.2. The molecule has 2 N–H and O–H groups in total. The fourth-order valence-corrected chi connectivity index (χ4v) is 5.46. The topological polar surface area (TPSA) is 82.0 Å². The van der Waals surface area contributed by atoms with Crippen LogP contribution in [0.4, 0.5) is 5.69 Å². The maximum absolute atomic E-state index is 13.2. The zero-order chi connectivity index (χ0) is 24.5. The predicted octanol–water partition coefficient (Wildman–Crippen LogP) is 6.43. The van der Waals surface area contributed by atoms with Crippen LogP contribution in [0.5, 0.6) is 0 Å². The highest BCUT2D eigenvalue weighted by Crippen LogP contribution is 2.47. The van der Waals surface area contributed by atoms with Crippen LogP contribution in [-0.2, 0) is 9.59 Å². The lowest BCUT2D eigenvalue weighted by Gasteiger charge is -2.39. The largest absolute Gasteiger partial charge is 0.352 e. The molecule has 34 heavy (non-hydrogen) atoms. The number of nitrogens with one attached hydrogen (secondary N) is 2. The summed E-state index contributed by atoms with van der Waals surface area (Å²) in [5.74, 6) is -0.564. The van der Waals surface area contributed by atoms with E-state index < -0.39 is 5.92 Å². The average Bonchev–Trinajstić information content (AvgIpc) is 2.78. The van der Waals surface area contributed by atoms with Crippen molar-refractivity contribution >= 4 is 52.3 Å². The predicted molar refractivity (Wildman–Crippen MR) is 138 cm³/mol. The average molecular weight is 512 g/mol. The normalized spacial score (nSPS) is 19.3. The number of hydrogen-bond donors (Lipinski definition) is 2. The highest BCUT2D eigenvalue weighted by atomic mass is 35.5. The number of ketones is 1. The van der Waals surface area contributed by atoms with E-state index in [1.165, 1.54) is 11.8 Å². The van der Waals surface area contributed by atoms with E-state index in [0.29, 0.717) is 44.7 Å². The van der Waals surface area contributed by atoms with Crippen molar-refractivity contribution < 1.29 is 9.59 Å². The highest BCUT2D eigenvalue weighted by molar-refractivity contribution is 8.03. The number of amides is 1. The molecule has 2 aromatic rings. The van der Waals surface area contributed by atoms with E-state index in [2.05, 4.69) is 30.6 Å². The first-order valence-corrected chi connectivity index (χ1v) is 12.5. The number of nitrogens with zero attached hydrogens (tertiary/aromatic N) is 1. The summed E-state index contributed by atoms with van der Waals surface area (Å²) in [6.07, 6.45) is 1.10. The summed E-state index contributed by atoms with van der Waals surface area (Å²) in [5.41, 5.74) is 3.16. The minimum atomic E-state index is -0.496. The van der Waals surface area contributed by atoms with Crippen molar-refractivity contribution in [2.45, 2.75) is 32.6 Å². The van der Waals surface area contributed by atoms with Gasteiger partial charge in [0, 0.05) is 33.4 Å². The Morgan fingerprint density at radius 1 is 1.12 bits per heavy atom. The zero-order valence-electron chi connectivity index (χ0n) is 18.7. The molecule has 0 saturated carbocycles. The summed E-state index contributed by atoms with van der Waals surface area (Å²) < 4.78 is 0. The number of allylic oxidation sites excluding steroid dienone is 3. The van der Waals surface area contributed by atoms with Gasteiger partial charge in [0.15, 0.2) is 5.78 Å². The second-order valence-corrected chi connectivity index (χ2v) is 11.0. The third-order valence-corrected chi connectivity index (χ3v) is 7.33. The van der Waals surface area contributed by atoms with E-state index in [0.717, 1.165) is 11.3 Å². The van der Waals surface area contributed by atoms with Gasteiger partial charge in [0.2, 0.25) is 5.91 Å². The van der Waals surface area contributed by atoms with Gasteiger partial charge in [-0.05, 0) is 53.8 Å². The first kappa shape index (κ1) is 24.4. The van der Waals surface area contributed by atoms with Crippen LogP contribution in [0.1, 0.15) is 38.2 Å². The van der Waals surface area contributed by atoms with E-state index >= 15 is 0 Å². The van der Waals surface area contributed by atoms with Gasteiger partial charge in [-0.3, -0.25) is 9.59 Å². The quantitative estimate of drug-likeness (QED) is 0.483. The van der Waals surface area contributed by atoms with Gasteiger partial charge < -0.3 is 10.6 Å². The molecule has 0 unspecified atom stereocenters. The number of dihydropyridines is 1. The Morgan fingerprint density at radius 3 is 2.35 bits per heavy atom. The number of Topliss-reactive ketones (excluding diaryl/α,β-unsaturated/α-hetero) is 1. The van der Waals surface area contributed by atoms with Crippen LogP contribution in [0.2, 0.25) is 10.0 Å². The molecule has 0 fully saturated rings. The van der Waals surface area contributed by atoms with Gasteiger partial charge in [-0.2, -0.15) is 5.26 Å². The van der Waals surface area contributed by atoms with E-state index in [1.807, 2.05) is 12.1 Å². The van der Waals surface area contributed by atoms with Gasteiger partial charge in [-0.15, -0.1) is 0 Å². The molecule has 2 aromatic carbocycles. The van der Waals surface area contributed by atoms with Crippen molar-refractivity contribution in [1.82, 2.24) is 5.32 Å². The summed E-state index contributed by atoms with van der Waals surface area (Å²) in [6, 6.07) is 16.4. The van der Waals surface area contributed by atoms with Gasteiger partial charge in [0.05, 0.1) is 28.3 Å². The smallest absolute Gasteiger partial charge is 0.234 e. The zero-order valence-corrected chi connectivity index (χ0v) is 21.1. The number of rotatable bonds is 5. The van der Waals surface area contributed by atoms with Crippen molar-refractivity contribution in [1.29, 1.82) is 5.26 Å².